The molecule has 0 amide bonds. The van der Waals surface area contributed by atoms with Crippen LogP contribution in [0.25, 0.3) is 0 Å². The normalized spacial score (nSPS) is 15.2. The lowest BCUT2D eigenvalue weighted by atomic mass is 10.1. The lowest BCUT2D eigenvalue weighted by Crippen LogP contribution is -2.47. The molecule has 3 rings (SSSR count). The Kier molecular flexibility index (Phi) is 6.36. The number of hydrogen-bond acceptors (Lipinski definition) is 6. The first-order chi connectivity index (χ1) is 13.2. The number of nitro groups is 1. The summed E-state index contributed by atoms with van der Waals surface area (Å²) in [5.74, 6) is 0.321. The van der Waals surface area contributed by atoms with Gasteiger partial charge >= 0.3 is 5.69 Å². The van der Waals surface area contributed by atoms with Crippen molar-refractivity contribution in [1.82, 2.24) is 9.80 Å². The molecule has 0 aliphatic carbocycles. The van der Waals surface area contributed by atoms with E-state index in [0.29, 0.717) is 17.9 Å². The smallest absolute Gasteiger partial charge is 0.310 e. The Morgan fingerprint density at radius 1 is 1.04 bits per heavy atom. The molecule has 1 aliphatic heterocycles. The molecular formula is C20H22N4O3. The van der Waals surface area contributed by atoms with Gasteiger partial charge in [-0.25, -0.2) is 0 Å². The molecule has 0 radical (unpaired) electrons. The Bertz CT molecular complexity index is 809. The number of nitrogens with zero attached hydrogens (tertiary/aromatic N) is 4. The van der Waals surface area contributed by atoms with Crippen molar-refractivity contribution in [3.05, 3.63) is 69.8 Å². The van der Waals surface area contributed by atoms with Gasteiger partial charge in [-0.15, -0.1) is 0 Å². The van der Waals surface area contributed by atoms with E-state index in [1.165, 1.54) is 11.6 Å². The highest BCUT2D eigenvalue weighted by atomic mass is 16.6. The van der Waals surface area contributed by atoms with Gasteiger partial charge < -0.3 is 4.74 Å². The summed E-state index contributed by atoms with van der Waals surface area (Å²) in [7, 11) is 0. The molecule has 0 bridgehead atoms. The van der Waals surface area contributed by atoms with Crippen LogP contribution in [0.3, 0.4) is 0 Å². The Balaban J connectivity index is 1.41. The van der Waals surface area contributed by atoms with Crippen LogP contribution in [0.4, 0.5) is 5.69 Å². The average molecular weight is 366 g/mol. The van der Waals surface area contributed by atoms with Crippen molar-refractivity contribution in [1.29, 1.82) is 5.26 Å². The van der Waals surface area contributed by atoms with Gasteiger partial charge in [0.1, 0.15) is 6.61 Å². The fourth-order valence-corrected chi connectivity index (χ4v) is 3.13. The predicted molar refractivity (Wildman–Crippen MR) is 101 cm³/mol. The van der Waals surface area contributed by atoms with Crippen molar-refractivity contribution < 1.29 is 9.66 Å². The van der Waals surface area contributed by atoms with Crippen LogP contribution in [0.5, 0.6) is 5.75 Å². The van der Waals surface area contributed by atoms with Crippen LogP contribution in [0.2, 0.25) is 0 Å². The zero-order valence-corrected chi connectivity index (χ0v) is 15.1. The molecule has 140 valence electrons. The standard InChI is InChI=1S/C20H22N4O3/c21-15-17-5-7-18(8-6-17)16-23-11-9-22(10-12-23)13-14-27-20-4-2-1-3-19(20)24(25)26/h1-8H,9-14,16H2. The summed E-state index contributed by atoms with van der Waals surface area (Å²) in [6.07, 6.45) is 0. The minimum atomic E-state index is -0.419. The molecule has 0 atom stereocenters. The highest BCUT2D eigenvalue weighted by Gasteiger charge is 2.18. The van der Waals surface area contributed by atoms with E-state index in [4.69, 9.17) is 10.00 Å². The quantitative estimate of drug-likeness (QED) is 0.553. The molecule has 1 heterocycles. The van der Waals surface area contributed by atoms with Crippen LogP contribution < -0.4 is 4.74 Å². The Hall–Kier alpha value is -2.95. The summed E-state index contributed by atoms with van der Waals surface area (Å²) >= 11 is 0. The van der Waals surface area contributed by atoms with Gasteiger partial charge in [0.05, 0.1) is 16.6 Å². The van der Waals surface area contributed by atoms with E-state index in [1.54, 1.807) is 18.2 Å². The summed E-state index contributed by atoms with van der Waals surface area (Å²) in [6, 6.07) is 16.3. The number of hydrogen-bond donors (Lipinski definition) is 0. The second kappa shape index (κ2) is 9.12. The predicted octanol–water partition coefficient (Wildman–Crippen LogP) is 2.66. The topological polar surface area (TPSA) is 82.6 Å². The molecule has 0 unspecified atom stereocenters. The molecule has 0 saturated carbocycles. The zero-order chi connectivity index (χ0) is 19.1. The average Bonchev–Trinajstić information content (AvgIpc) is 2.70. The molecule has 0 aromatic heterocycles. The highest BCUT2D eigenvalue weighted by molar-refractivity contribution is 5.45. The van der Waals surface area contributed by atoms with Crippen molar-refractivity contribution in [2.24, 2.45) is 0 Å². The molecule has 27 heavy (non-hydrogen) atoms. The summed E-state index contributed by atoms with van der Waals surface area (Å²) < 4.78 is 5.62. The zero-order valence-electron chi connectivity index (χ0n) is 15.1. The maximum atomic E-state index is 11.0. The van der Waals surface area contributed by atoms with Crippen molar-refractivity contribution >= 4 is 5.69 Å². The number of rotatable bonds is 7. The molecule has 2 aromatic rings. The van der Waals surface area contributed by atoms with E-state index < -0.39 is 4.92 Å². The number of benzene rings is 2. The summed E-state index contributed by atoms with van der Waals surface area (Å²) in [5.41, 5.74) is 1.90. The fraction of sp³-hybridized carbons (Fsp3) is 0.350. The largest absolute Gasteiger partial charge is 0.485 e. The molecule has 1 fully saturated rings. The molecule has 1 saturated heterocycles. The van der Waals surface area contributed by atoms with E-state index in [9.17, 15) is 10.1 Å². The summed E-state index contributed by atoms with van der Waals surface area (Å²) in [5, 5.41) is 19.9. The van der Waals surface area contributed by atoms with Crippen molar-refractivity contribution in [3.63, 3.8) is 0 Å². The molecule has 1 aliphatic rings. The molecule has 7 heteroatoms. The van der Waals surface area contributed by atoms with Crippen LogP contribution in [0.1, 0.15) is 11.1 Å². The maximum absolute atomic E-state index is 11.0. The van der Waals surface area contributed by atoms with Crippen molar-refractivity contribution in [3.8, 4) is 11.8 Å². The van der Waals surface area contributed by atoms with Gasteiger partial charge in [-0.05, 0) is 23.8 Å². The van der Waals surface area contributed by atoms with Crippen LogP contribution in [0.15, 0.2) is 48.5 Å². The van der Waals surface area contributed by atoms with Gasteiger partial charge in [-0.1, -0.05) is 24.3 Å². The Labute approximate surface area is 158 Å². The number of ether oxygens (including phenoxy) is 1. The van der Waals surface area contributed by atoms with E-state index in [-0.39, 0.29) is 5.69 Å². The third-order valence-corrected chi connectivity index (χ3v) is 4.68. The van der Waals surface area contributed by atoms with E-state index in [1.807, 2.05) is 24.3 Å². The third kappa shape index (κ3) is 5.26. The van der Waals surface area contributed by atoms with E-state index in [0.717, 1.165) is 39.3 Å². The first-order valence-corrected chi connectivity index (χ1v) is 8.95. The third-order valence-electron chi connectivity index (χ3n) is 4.68. The summed E-state index contributed by atoms with van der Waals surface area (Å²) in [6.45, 7) is 5.87. The molecule has 0 N–H and O–H groups in total. The second-order valence-corrected chi connectivity index (χ2v) is 6.50. The fourth-order valence-electron chi connectivity index (χ4n) is 3.13. The lowest BCUT2D eigenvalue weighted by molar-refractivity contribution is -0.385. The minimum Gasteiger partial charge on any atom is -0.485 e. The van der Waals surface area contributed by atoms with Gasteiger partial charge in [0.2, 0.25) is 0 Å². The first kappa shape index (κ1) is 18.8. The van der Waals surface area contributed by atoms with E-state index >= 15 is 0 Å². The van der Waals surface area contributed by atoms with Crippen LogP contribution >= 0.6 is 0 Å². The van der Waals surface area contributed by atoms with Gasteiger partial charge in [-0.2, -0.15) is 5.26 Å². The van der Waals surface area contributed by atoms with Gasteiger partial charge in [0.25, 0.3) is 0 Å². The van der Waals surface area contributed by atoms with E-state index in [2.05, 4.69) is 15.9 Å². The molecular weight excluding hydrogens is 344 g/mol. The molecule has 2 aromatic carbocycles. The second-order valence-electron chi connectivity index (χ2n) is 6.50. The van der Waals surface area contributed by atoms with Crippen LogP contribution in [-0.2, 0) is 6.54 Å². The van der Waals surface area contributed by atoms with Crippen molar-refractivity contribution in [2.75, 3.05) is 39.3 Å². The minimum absolute atomic E-state index is 0.00439. The van der Waals surface area contributed by atoms with Crippen LogP contribution in [-0.4, -0.2) is 54.1 Å². The van der Waals surface area contributed by atoms with Crippen LogP contribution in [0, 0.1) is 21.4 Å². The number of nitriles is 1. The molecule has 0 spiro atoms. The van der Waals surface area contributed by atoms with Gasteiger partial charge in [-0.3, -0.25) is 19.9 Å². The number of piperazine rings is 1. The summed E-state index contributed by atoms with van der Waals surface area (Å²) in [4.78, 5) is 15.3. The maximum Gasteiger partial charge on any atom is 0.310 e. The van der Waals surface area contributed by atoms with Gasteiger partial charge in [0, 0.05) is 45.3 Å². The lowest BCUT2D eigenvalue weighted by Gasteiger charge is -2.34. The van der Waals surface area contributed by atoms with Crippen molar-refractivity contribution in [2.45, 2.75) is 6.54 Å². The number of nitro benzene ring substituents is 1. The first-order valence-electron chi connectivity index (χ1n) is 8.95. The Morgan fingerprint density at radius 3 is 2.37 bits per heavy atom. The highest BCUT2D eigenvalue weighted by Crippen LogP contribution is 2.25. The van der Waals surface area contributed by atoms with Gasteiger partial charge in [0.15, 0.2) is 5.75 Å². The Morgan fingerprint density at radius 2 is 1.70 bits per heavy atom. The number of para-hydroxylation sites is 2. The monoisotopic (exact) mass is 366 g/mol. The SMILES string of the molecule is N#Cc1ccc(CN2CCN(CCOc3ccccc3[N+](=O)[O-])CC2)cc1. The molecule has 7 nitrogen and oxygen atoms in total.